The quantitative estimate of drug-likeness (QED) is 0.920. The summed E-state index contributed by atoms with van der Waals surface area (Å²) in [6.45, 7) is 2.96. The highest BCUT2D eigenvalue weighted by Gasteiger charge is 2.08. The SMILES string of the molecule is C[C@H](NCc1sccc1Br)c1ccco1. The molecule has 2 aromatic rings. The Morgan fingerprint density at radius 3 is 3.00 bits per heavy atom. The fraction of sp³-hybridized carbons (Fsp3) is 0.273. The van der Waals surface area contributed by atoms with Gasteiger partial charge in [0.1, 0.15) is 5.76 Å². The van der Waals surface area contributed by atoms with Gasteiger partial charge in [0.2, 0.25) is 0 Å². The first kappa shape index (κ1) is 10.9. The molecule has 0 aliphatic heterocycles. The van der Waals surface area contributed by atoms with E-state index < -0.39 is 0 Å². The van der Waals surface area contributed by atoms with Gasteiger partial charge in [0, 0.05) is 15.9 Å². The molecule has 0 spiro atoms. The zero-order chi connectivity index (χ0) is 10.7. The van der Waals surface area contributed by atoms with Gasteiger partial charge in [-0.05, 0) is 46.4 Å². The minimum Gasteiger partial charge on any atom is -0.468 e. The second-order valence-electron chi connectivity index (χ2n) is 3.31. The largest absolute Gasteiger partial charge is 0.468 e. The van der Waals surface area contributed by atoms with E-state index in [4.69, 9.17) is 4.42 Å². The van der Waals surface area contributed by atoms with Crippen LogP contribution in [0.3, 0.4) is 0 Å². The Kier molecular flexibility index (Phi) is 3.61. The topological polar surface area (TPSA) is 25.2 Å². The predicted octanol–water partition coefficient (Wildman–Crippen LogP) is 3.95. The summed E-state index contributed by atoms with van der Waals surface area (Å²) in [5.74, 6) is 0.975. The van der Waals surface area contributed by atoms with E-state index in [1.165, 1.54) is 9.35 Å². The third kappa shape index (κ3) is 2.71. The lowest BCUT2D eigenvalue weighted by molar-refractivity contribution is 0.431. The zero-order valence-electron chi connectivity index (χ0n) is 8.37. The van der Waals surface area contributed by atoms with Crippen molar-refractivity contribution in [1.29, 1.82) is 0 Å². The number of hydrogen-bond acceptors (Lipinski definition) is 3. The molecule has 2 rings (SSSR count). The minimum absolute atomic E-state index is 0.244. The number of thiophene rings is 1. The van der Waals surface area contributed by atoms with Crippen molar-refractivity contribution in [1.82, 2.24) is 5.32 Å². The van der Waals surface area contributed by atoms with E-state index in [1.54, 1.807) is 17.6 Å². The third-order valence-electron chi connectivity index (χ3n) is 2.23. The normalized spacial score (nSPS) is 12.9. The monoisotopic (exact) mass is 285 g/mol. The van der Waals surface area contributed by atoms with Crippen molar-refractivity contribution in [3.63, 3.8) is 0 Å². The zero-order valence-corrected chi connectivity index (χ0v) is 10.8. The minimum atomic E-state index is 0.244. The Balaban J connectivity index is 1.91. The standard InChI is InChI=1S/C11H12BrNOS/c1-8(10-3-2-5-14-10)13-7-11-9(12)4-6-15-11/h2-6,8,13H,7H2,1H3/t8-/m0/s1. The van der Waals surface area contributed by atoms with Crippen LogP contribution in [0.1, 0.15) is 23.6 Å². The van der Waals surface area contributed by atoms with Crippen LogP contribution in [-0.2, 0) is 6.54 Å². The lowest BCUT2D eigenvalue weighted by Crippen LogP contribution is -2.17. The third-order valence-corrected chi connectivity index (χ3v) is 4.16. The average Bonchev–Trinajstić information content (AvgIpc) is 2.85. The molecule has 0 unspecified atom stereocenters. The molecule has 4 heteroatoms. The lowest BCUT2D eigenvalue weighted by atomic mass is 10.2. The number of nitrogens with one attached hydrogen (secondary N) is 1. The van der Waals surface area contributed by atoms with Gasteiger partial charge in [-0.2, -0.15) is 0 Å². The summed E-state index contributed by atoms with van der Waals surface area (Å²) < 4.78 is 6.50. The molecule has 1 atom stereocenters. The molecule has 2 nitrogen and oxygen atoms in total. The molecule has 0 saturated carbocycles. The van der Waals surface area contributed by atoms with E-state index in [0.717, 1.165) is 12.3 Å². The van der Waals surface area contributed by atoms with Crippen LogP contribution >= 0.6 is 27.3 Å². The first-order valence-electron chi connectivity index (χ1n) is 4.76. The van der Waals surface area contributed by atoms with Crippen LogP contribution in [-0.4, -0.2) is 0 Å². The van der Waals surface area contributed by atoms with Gasteiger partial charge in [-0.15, -0.1) is 11.3 Å². The van der Waals surface area contributed by atoms with E-state index in [1.807, 2.05) is 12.1 Å². The fourth-order valence-electron chi connectivity index (χ4n) is 1.34. The molecule has 0 amide bonds. The van der Waals surface area contributed by atoms with Crippen LogP contribution in [0.5, 0.6) is 0 Å². The van der Waals surface area contributed by atoms with Crippen LogP contribution in [0, 0.1) is 0 Å². The van der Waals surface area contributed by atoms with Crippen LogP contribution in [0.15, 0.2) is 38.7 Å². The Morgan fingerprint density at radius 2 is 2.40 bits per heavy atom. The Bertz CT molecular complexity index is 410. The highest BCUT2D eigenvalue weighted by atomic mass is 79.9. The second kappa shape index (κ2) is 4.96. The van der Waals surface area contributed by atoms with Crippen molar-refractivity contribution < 1.29 is 4.42 Å². The number of rotatable bonds is 4. The smallest absolute Gasteiger partial charge is 0.120 e. The maximum atomic E-state index is 5.32. The van der Waals surface area contributed by atoms with Gasteiger partial charge in [-0.3, -0.25) is 0 Å². The van der Waals surface area contributed by atoms with Crippen LogP contribution < -0.4 is 5.32 Å². The molecule has 0 aliphatic carbocycles. The molecule has 2 heterocycles. The Hall–Kier alpha value is -0.580. The predicted molar refractivity (Wildman–Crippen MR) is 66.0 cm³/mol. The lowest BCUT2D eigenvalue weighted by Gasteiger charge is -2.10. The van der Waals surface area contributed by atoms with E-state index in [9.17, 15) is 0 Å². The highest BCUT2D eigenvalue weighted by molar-refractivity contribution is 9.10. The van der Waals surface area contributed by atoms with Crippen molar-refractivity contribution in [3.8, 4) is 0 Å². The van der Waals surface area contributed by atoms with Gasteiger partial charge in [0.05, 0.1) is 12.3 Å². The molecule has 80 valence electrons. The molecule has 0 aliphatic rings. The summed E-state index contributed by atoms with van der Waals surface area (Å²) in [4.78, 5) is 1.31. The molecule has 1 N–H and O–H groups in total. The summed E-state index contributed by atoms with van der Waals surface area (Å²) in [6.07, 6.45) is 1.70. The maximum absolute atomic E-state index is 5.32. The highest BCUT2D eigenvalue weighted by Crippen LogP contribution is 2.23. The Labute approximate surface area is 101 Å². The van der Waals surface area contributed by atoms with E-state index >= 15 is 0 Å². The van der Waals surface area contributed by atoms with Gasteiger partial charge < -0.3 is 9.73 Å². The molecular weight excluding hydrogens is 274 g/mol. The Morgan fingerprint density at radius 1 is 1.53 bits per heavy atom. The number of furan rings is 1. The van der Waals surface area contributed by atoms with Gasteiger partial charge in [0.15, 0.2) is 0 Å². The maximum Gasteiger partial charge on any atom is 0.120 e. The fourth-order valence-corrected chi connectivity index (χ4v) is 2.78. The van der Waals surface area contributed by atoms with Gasteiger partial charge in [-0.25, -0.2) is 0 Å². The van der Waals surface area contributed by atoms with Crippen molar-refractivity contribution in [2.75, 3.05) is 0 Å². The van der Waals surface area contributed by atoms with Crippen LogP contribution in [0.4, 0.5) is 0 Å². The first-order chi connectivity index (χ1) is 7.27. The molecule has 0 fully saturated rings. The van der Waals surface area contributed by atoms with Crippen LogP contribution in [0.2, 0.25) is 0 Å². The van der Waals surface area contributed by atoms with Crippen molar-refractivity contribution in [2.24, 2.45) is 0 Å². The van der Waals surface area contributed by atoms with Gasteiger partial charge >= 0.3 is 0 Å². The summed E-state index contributed by atoms with van der Waals surface area (Å²) in [5.41, 5.74) is 0. The molecule has 0 aromatic carbocycles. The van der Waals surface area contributed by atoms with E-state index in [2.05, 4.69) is 39.6 Å². The summed E-state index contributed by atoms with van der Waals surface area (Å²) in [7, 11) is 0. The number of hydrogen-bond donors (Lipinski definition) is 1. The molecule has 0 saturated heterocycles. The summed E-state index contributed by atoms with van der Waals surface area (Å²) >= 11 is 5.26. The van der Waals surface area contributed by atoms with Crippen molar-refractivity contribution >= 4 is 27.3 Å². The molecule has 15 heavy (non-hydrogen) atoms. The molecule has 2 aromatic heterocycles. The average molecular weight is 286 g/mol. The molecular formula is C11H12BrNOS. The summed E-state index contributed by atoms with van der Waals surface area (Å²) in [6, 6.07) is 6.21. The van der Waals surface area contributed by atoms with Gasteiger partial charge in [-0.1, -0.05) is 0 Å². The van der Waals surface area contributed by atoms with Crippen molar-refractivity contribution in [3.05, 3.63) is 45.0 Å². The van der Waals surface area contributed by atoms with E-state index in [0.29, 0.717) is 0 Å². The molecule has 0 bridgehead atoms. The first-order valence-corrected chi connectivity index (χ1v) is 6.43. The molecule has 0 radical (unpaired) electrons. The van der Waals surface area contributed by atoms with Gasteiger partial charge in [0.25, 0.3) is 0 Å². The van der Waals surface area contributed by atoms with Crippen molar-refractivity contribution in [2.45, 2.75) is 19.5 Å². The van der Waals surface area contributed by atoms with Crippen LogP contribution in [0.25, 0.3) is 0 Å². The second-order valence-corrected chi connectivity index (χ2v) is 5.16. The number of halogens is 1. The van der Waals surface area contributed by atoms with E-state index in [-0.39, 0.29) is 6.04 Å². The summed E-state index contributed by atoms with van der Waals surface area (Å²) in [5, 5.41) is 5.50.